The maximum absolute atomic E-state index is 14.1. The van der Waals surface area contributed by atoms with Crippen LogP contribution in [0.1, 0.15) is 86.3 Å². The number of fused-ring (bicyclic) bond motifs is 1. The Morgan fingerprint density at radius 2 is 1.65 bits per heavy atom. The van der Waals surface area contributed by atoms with E-state index in [4.69, 9.17) is 0 Å². The molecule has 5 rings (SSSR count). The van der Waals surface area contributed by atoms with Crippen molar-refractivity contribution in [2.45, 2.75) is 76.4 Å². The minimum Gasteiger partial charge on any atom is -0.349 e. The standard InChI is InChI=1S/C28H33FN4O3S/c1-17(2)18-3-5-19(6-4-18)26(34)31-21-7-9-22(10-8-21)33-27(35)24-15-20(29)16-30-25(24)32(28(33)36)23-11-13-37-14-12-23/h3-6,15-17,21-23H,7-14H2,1-2H3,(H,31,34)/t21-,22+. The van der Waals surface area contributed by atoms with Crippen molar-refractivity contribution in [2.24, 2.45) is 0 Å². The van der Waals surface area contributed by atoms with Gasteiger partial charge in [0.05, 0.1) is 11.6 Å². The summed E-state index contributed by atoms with van der Waals surface area (Å²) >= 11 is 1.85. The fourth-order valence-corrected chi connectivity index (χ4v) is 6.65. The fourth-order valence-electron chi connectivity index (χ4n) is 5.57. The first-order chi connectivity index (χ1) is 17.8. The third-order valence-corrected chi connectivity index (χ3v) is 8.76. The fraction of sp³-hybridized carbons (Fsp3) is 0.500. The molecule has 0 radical (unpaired) electrons. The summed E-state index contributed by atoms with van der Waals surface area (Å²) in [5, 5.41) is 3.26. The highest BCUT2D eigenvalue weighted by Crippen LogP contribution is 2.30. The topological polar surface area (TPSA) is 86.0 Å². The number of nitrogens with zero attached hydrogens (tertiary/aromatic N) is 3. The molecule has 37 heavy (non-hydrogen) atoms. The highest BCUT2D eigenvalue weighted by Gasteiger charge is 2.29. The van der Waals surface area contributed by atoms with Crippen molar-refractivity contribution >= 4 is 28.7 Å². The zero-order valence-corrected chi connectivity index (χ0v) is 22.1. The van der Waals surface area contributed by atoms with Crippen LogP contribution in [0.5, 0.6) is 0 Å². The first kappa shape index (κ1) is 25.7. The molecule has 1 saturated carbocycles. The van der Waals surface area contributed by atoms with Crippen LogP contribution in [-0.2, 0) is 0 Å². The summed E-state index contributed by atoms with van der Waals surface area (Å²) in [5.41, 5.74) is 1.25. The van der Waals surface area contributed by atoms with E-state index in [-0.39, 0.29) is 40.8 Å². The van der Waals surface area contributed by atoms with Crippen LogP contribution in [-0.4, -0.2) is 37.6 Å². The van der Waals surface area contributed by atoms with E-state index in [1.165, 1.54) is 16.2 Å². The van der Waals surface area contributed by atoms with Crippen molar-refractivity contribution in [3.63, 3.8) is 0 Å². The van der Waals surface area contributed by atoms with Gasteiger partial charge in [-0.2, -0.15) is 11.8 Å². The van der Waals surface area contributed by atoms with E-state index < -0.39 is 11.4 Å². The van der Waals surface area contributed by atoms with Gasteiger partial charge in [-0.05, 0) is 79.7 Å². The predicted octanol–water partition coefficient (Wildman–Crippen LogP) is 4.80. The number of benzene rings is 1. The lowest BCUT2D eigenvalue weighted by Gasteiger charge is -2.31. The van der Waals surface area contributed by atoms with Crippen LogP contribution in [0.2, 0.25) is 0 Å². The zero-order chi connectivity index (χ0) is 26.1. The monoisotopic (exact) mass is 524 g/mol. The Labute approximate surface area is 219 Å². The van der Waals surface area contributed by atoms with Crippen LogP contribution < -0.4 is 16.6 Å². The van der Waals surface area contributed by atoms with Gasteiger partial charge in [0.2, 0.25) is 0 Å². The summed E-state index contributed by atoms with van der Waals surface area (Å²) in [7, 11) is 0. The molecule has 9 heteroatoms. The van der Waals surface area contributed by atoms with Crippen molar-refractivity contribution < 1.29 is 9.18 Å². The van der Waals surface area contributed by atoms with Crippen LogP contribution in [0.3, 0.4) is 0 Å². The third kappa shape index (κ3) is 5.23. The van der Waals surface area contributed by atoms with Gasteiger partial charge in [-0.25, -0.2) is 14.2 Å². The molecule has 1 aromatic carbocycles. The second-order valence-electron chi connectivity index (χ2n) is 10.5. The minimum atomic E-state index is -0.589. The van der Waals surface area contributed by atoms with Crippen molar-refractivity contribution in [3.05, 3.63) is 74.3 Å². The molecule has 1 N–H and O–H groups in total. The number of nitrogens with one attached hydrogen (secondary N) is 1. The number of carbonyl (C=O) groups excluding carboxylic acids is 1. The van der Waals surface area contributed by atoms with Gasteiger partial charge < -0.3 is 5.32 Å². The van der Waals surface area contributed by atoms with Gasteiger partial charge >= 0.3 is 5.69 Å². The lowest BCUT2D eigenvalue weighted by Crippen LogP contribution is -2.46. The quantitative estimate of drug-likeness (QED) is 0.518. The van der Waals surface area contributed by atoms with Crippen LogP contribution in [0.25, 0.3) is 11.0 Å². The molecule has 0 unspecified atom stereocenters. The summed E-state index contributed by atoms with van der Waals surface area (Å²) in [6.45, 7) is 4.23. The summed E-state index contributed by atoms with van der Waals surface area (Å²) in [6, 6.07) is 8.49. The van der Waals surface area contributed by atoms with E-state index >= 15 is 0 Å². The molecule has 2 aromatic heterocycles. The number of amides is 1. The highest BCUT2D eigenvalue weighted by molar-refractivity contribution is 7.99. The van der Waals surface area contributed by atoms with Crippen LogP contribution in [0.4, 0.5) is 4.39 Å². The van der Waals surface area contributed by atoms with Crippen molar-refractivity contribution in [3.8, 4) is 0 Å². The summed E-state index contributed by atoms with van der Waals surface area (Å²) in [5.74, 6) is 1.57. The van der Waals surface area contributed by atoms with E-state index in [2.05, 4.69) is 24.1 Å². The van der Waals surface area contributed by atoms with Gasteiger partial charge in [0.15, 0.2) is 0 Å². The molecule has 0 bridgehead atoms. The number of aromatic nitrogens is 3. The van der Waals surface area contributed by atoms with E-state index in [0.29, 0.717) is 37.2 Å². The maximum Gasteiger partial charge on any atom is 0.333 e. The van der Waals surface area contributed by atoms with Gasteiger partial charge in [0, 0.05) is 23.7 Å². The zero-order valence-electron chi connectivity index (χ0n) is 21.3. The SMILES string of the molecule is CC(C)c1ccc(C(=O)N[C@H]2CC[C@@H](n3c(=O)c4cc(F)cnc4n(C4CCSCC4)c3=O)CC2)cc1. The van der Waals surface area contributed by atoms with Gasteiger partial charge in [-0.3, -0.25) is 18.7 Å². The lowest BCUT2D eigenvalue weighted by atomic mass is 9.90. The molecule has 196 valence electrons. The van der Waals surface area contributed by atoms with E-state index in [9.17, 15) is 18.8 Å². The van der Waals surface area contributed by atoms with E-state index in [1.807, 2.05) is 36.0 Å². The lowest BCUT2D eigenvalue weighted by molar-refractivity contribution is 0.0921. The molecular formula is C28H33FN4O3S. The molecule has 2 fully saturated rings. The van der Waals surface area contributed by atoms with Crippen molar-refractivity contribution in [2.75, 3.05) is 11.5 Å². The highest BCUT2D eigenvalue weighted by atomic mass is 32.2. The second-order valence-corrected chi connectivity index (χ2v) is 11.7. The number of halogens is 1. The summed E-state index contributed by atoms with van der Waals surface area (Å²) in [6.07, 6.45) is 5.19. The normalized spacial score (nSPS) is 20.9. The Hall–Kier alpha value is -2.94. The number of rotatable bonds is 5. The van der Waals surface area contributed by atoms with Gasteiger partial charge in [-0.1, -0.05) is 26.0 Å². The molecular weight excluding hydrogens is 491 g/mol. The number of thioether (sulfide) groups is 1. The van der Waals surface area contributed by atoms with Crippen LogP contribution in [0.15, 0.2) is 46.1 Å². The van der Waals surface area contributed by atoms with E-state index in [1.54, 1.807) is 4.57 Å². The van der Waals surface area contributed by atoms with Crippen molar-refractivity contribution in [1.29, 1.82) is 0 Å². The molecule has 1 amide bonds. The Balaban J connectivity index is 1.37. The first-order valence-electron chi connectivity index (χ1n) is 13.1. The molecule has 7 nitrogen and oxygen atoms in total. The predicted molar refractivity (Wildman–Crippen MR) is 145 cm³/mol. The first-order valence-corrected chi connectivity index (χ1v) is 14.3. The summed E-state index contributed by atoms with van der Waals surface area (Å²) in [4.78, 5) is 44.1. The number of hydrogen-bond acceptors (Lipinski definition) is 5. The van der Waals surface area contributed by atoms with E-state index in [0.717, 1.165) is 30.5 Å². The molecule has 1 aliphatic carbocycles. The Bertz CT molecular complexity index is 1400. The average molecular weight is 525 g/mol. The van der Waals surface area contributed by atoms with Gasteiger partial charge in [-0.15, -0.1) is 0 Å². The average Bonchev–Trinajstić information content (AvgIpc) is 2.91. The minimum absolute atomic E-state index is 0.0265. The Morgan fingerprint density at radius 1 is 1.00 bits per heavy atom. The molecule has 2 aliphatic rings. The van der Waals surface area contributed by atoms with Gasteiger partial charge in [0.1, 0.15) is 11.5 Å². The van der Waals surface area contributed by atoms with Crippen LogP contribution in [0, 0.1) is 5.82 Å². The largest absolute Gasteiger partial charge is 0.349 e. The number of pyridine rings is 1. The molecule has 0 spiro atoms. The Kier molecular flexibility index (Phi) is 7.51. The third-order valence-electron chi connectivity index (χ3n) is 7.72. The molecule has 1 aliphatic heterocycles. The van der Waals surface area contributed by atoms with Gasteiger partial charge in [0.25, 0.3) is 11.5 Å². The number of carbonyl (C=O) groups is 1. The summed E-state index contributed by atoms with van der Waals surface area (Å²) < 4.78 is 17.1. The molecule has 3 heterocycles. The Morgan fingerprint density at radius 3 is 2.30 bits per heavy atom. The smallest absolute Gasteiger partial charge is 0.333 e. The van der Waals surface area contributed by atoms with Crippen molar-refractivity contribution in [1.82, 2.24) is 19.4 Å². The molecule has 3 aromatic rings. The maximum atomic E-state index is 14.1. The number of hydrogen-bond donors (Lipinski definition) is 1. The molecule has 1 saturated heterocycles. The molecule has 0 atom stereocenters. The van der Waals surface area contributed by atoms with Crippen LogP contribution >= 0.6 is 11.8 Å². The second kappa shape index (κ2) is 10.8.